The predicted octanol–water partition coefficient (Wildman–Crippen LogP) is 3.49. The Morgan fingerprint density at radius 2 is 1.95 bits per heavy atom. The SMILES string of the molecule is COc1cc(N)ccc1S(=O)(=O)Nc1cc(Cl)ccc1Br. The summed E-state index contributed by atoms with van der Waals surface area (Å²) >= 11 is 9.14. The largest absolute Gasteiger partial charge is 0.495 e. The van der Waals surface area contributed by atoms with E-state index in [1.54, 1.807) is 12.1 Å². The molecule has 0 saturated heterocycles. The minimum atomic E-state index is -3.83. The summed E-state index contributed by atoms with van der Waals surface area (Å²) in [6.45, 7) is 0. The average molecular weight is 392 g/mol. The van der Waals surface area contributed by atoms with Gasteiger partial charge in [0.25, 0.3) is 10.0 Å². The first-order valence-corrected chi connectivity index (χ1v) is 8.40. The van der Waals surface area contributed by atoms with Crippen LogP contribution in [0.5, 0.6) is 5.75 Å². The van der Waals surface area contributed by atoms with Crippen LogP contribution in [-0.2, 0) is 10.0 Å². The molecule has 0 aliphatic rings. The number of nitrogens with one attached hydrogen (secondary N) is 1. The molecular formula is C13H12BrClN2O3S. The molecule has 0 bridgehead atoms. The fourth-order valence-corrected chi connectivity index (χ4v) is 3.55. The van der Waals surface area contributed by atoms with Crippen LogP contribution in [0.3, 0.4) is 0 Å². The lowest BCUT2D eigenvalue weighted by Crippen LogP contribution is -2.14. The van der Waals surface area contributed by atoms with Gasteiger partial charge < -0.3 is 10.5 Å². The highest BCUT2D eigenvalue weighted by molar-refractivity contribution is 9.10. The molecule has 0 aromatic heterocycles. The number of ether oxygens (including phenoxy) is 1. The normalized spacial score (nSPS) is 11.2. The van der Waals surface area contributed by atoms with E-state index in [1.807, 2.05) is 0 Å². The van der Waals surface area contributed by atoms with Crippen LogP contribution in [0.2, 0.25) is 5.02 Å². The molecule has 0 atom stereocenters. The van der Waals surface area contributed by atoms with Gasteiger partial charge >= 0.3 is 0 Å². The molecule has 112 valence electrons. The first kappa shape index (κ1) is 15.9. The van der Waals surface area contributed by atoms with Crippen molar-refractivity contribution in [2.75, 3.05) is 17.6 Å². The van der Waals surface area contributed by atoms with Gasteiger partial charge in [0.1, 0.15) is 10.6 Å². The number of nitrogen functional groups attached to an aromatic ring is 1. The Labute approximate surface area is 136 Å². The number of nitrogens with two attached hydrogens (primary N) is 1. The molecule has 2 aromatic carbocycles. The van der Waals surface area contributed by atoms with Crippen molar-refractivity contribution in [2.45, 2.75) is 4.90 Å². The van der Waals surface area contributed by atoms with Crippen molar-refractivity contribution in [3.8, 4) is 5.75 Å². The zero-order valence-corrected chi connectivity index (χ0v) is 14.1. The molecule has 0 heterocycles. The summed E-state index contributed by atoms with van der Waals surface area (Å²) < 4.78 is 33.0. The first-order valence-electron chi connectivity index (χ1n) is 5.75. The van der Waals surface area contributed by atoms with Gasteiger partial charge in [-0.1, -0.05) is 11.6 Å². The second kappa shape index (κ2) is 6.13. The quantitative estimate of drug-likeness (QED) is 0.782. The topological polar surface area (TPSA) is 81.4 Å². The molecule has 0 aliphatic heterocycles. The van der Waals surface area contributed by atoms with E-state index in [-0.39, 0.29) is 10.6 Å². The molecule has 0 spiro atoms. The Bertz CT molecular complexity index is 781. The zero-order chi connectivity index (χ0) is 15.6. The maximum absolute atomic E-state index is 12.5. The van der Waals surface area contributed by atoms with Crippen LogP contribution in [-0.4, -0.2) is 15.5 Å². The summed E-state index contributed by atoms with van der Waals surface area (Å²) in [5.41, 5.74) is 6.37. The van der Waals surface area contributed by atoms with Crippen molar-refractivity contribution in [3.05, 3.63) is 45.9 Å². The second-order valence-electron chi connectivity index (χ2n) is 4.14. The van der Waals surface area contributed by atoms with Crippen LogP contribution in [0.4, 0.5) is 11.4 Å². The number of anilines is 2. The summed E-state index contributed by atoms with van der Waals surface area (Å²) in [4.78, 5) is -0.00826. The van der Waals surface area contributed by atoms with E-state index in [2.05, 4.69) is 20.7 Å². The standard InChI is InChI=1S/C13H12BrClN2O3S/c1-20-12-7-9(16)3-5-13(12)21(18,19)17-11-6-8(15)2-4-10(11)14/h2-7,17H,16H2,1H3. The molecule has 0 unspecified atom stereocenters. The Kier molecular flexibility index (Phi) is 4.65. The van der Waals surface area contributed by atoms with E-state index in [4.69, 9.17) is 22.1 Å². The smallest absolute Gasteiger partial charge is 0.265 e. The van der Waals surface area contributed by atoms with Crippen LogP contribution >= 0.6 is 27.5 Å². The van der Waals surface area contributed by atoms with E-state index in [0.29, 0.717) is 20.9 Å². The minimum absolute atomic E-state index is 0.00826. The van der Waals surface area contributed by atoms with Gasteiger partial charge in [0.2, 0.25) is 0 Å². The zero-order valence-electron chi connectivity index (χ0n) is 10.9. The number of hydrogen-bond donors (Lipinski definition) is 2. The second-order valence-corrected chi connectivity index (χ2v) is 7.08. The molecule has 21 heavy (non-hydrogen) atoms. The van der Waals surface area contributed by atoms with Crippen molar-refractivity contribution in [2.24, 2.45) is 0 Å². The van der Waals surface area contributed by atoms with Crippen LogP contribution in [0.25, 0.3) is 0 Å². The van der Waals surface area contributed by atoms with Crippen molar-refractivity contribution < 1.29 is 13.2 Å². The molecule has 3 N–H and O–H groups in total. The van der Waals surface area contributed by atoms with Gasteiger partial charge in [-0.25, -0.2) is 8.42 Å². The summed E-state index contributed by atoms with van der Waals surface area (Å²) in [6.07, 6.45) is 0. The molecule has 0 aliphatic carbocycles. The van der Waals surface area contributed by atoms with Crippen LogP contribution in [0, 0.1) is 0 Å². The van der Waals surface area contributed by atoms with Crippen molar-refractivity contribution in [1.82, 2.24) is 0 Å². The van der Waals surface area contributed by atoms with Crippen molar-refractivity contribution in [1.29, 1.82) is 0 Å². The van der Waals surface area contributed by atoms with E-state index in [0.717, 1.165) is 0 Å². The molecule has 0 radical (unpaired) electrons. The maximum Gasteiger partial charge on any atom is 0.265 e. The van der Waals surface area contributed by atoms with Gasteiger partial charge in [-0.3, -0.25) is 4.72 Å². The van der Waals surface area contributed by atoms with Crippen molar-refractivity contribution in [3.63, 3.8) is 0 Å². The van der Waals surface area contributed by atoms with Gasteiger partial charge in [0.15, 0.2) is 0 Å². The lowest BCUT2D eigenvalue weighted by Gasteiger charge is -2.13. The summed E-state index contributed by atoms with van der Waals surface area (Å²) in [7, 11) is -2.45. The molecule has 0 fully saturated rings. The highest BCUT2D eigenvalue weighted by Crippen LogP contribution is 2.31. The maximum atomic E-state index is 12.5. The molecule has 8 heteroatoms. The fraction of sp³-hybridized carbons (Fsp3) is 0.0769. The molecule has 2 aromatic rings. The fourth-order valence-electron chi connectivity index (χ4n) is 1.68. The summed E-state index contributed by atoms with van der Waals surface area (Å²) in [6, 6.07) is 9.13. The van der Waals surface area contributed by atoms with Gasteiger partial charge in [-0.2, -0.15) is 0 Å². The monoisotopic (exact) mass is 390 g/mol. The van der Waals surface area contributed by atoms with Gasteiger partial charge in [0, 0.05) is 21.2 Å². The Balaban J connectivity index is 2.46. The first-order chi connectivity index (χ1) is 9.83. The third kappa shape index (κ3) is 3.61. The molecule has 0 saturated carbocycles. The van der Waals surface area contributed by atoms with E-state index in [9.17, 15) is 8.42 Å². The lowest BCUT2D eigenvalue weighted by atomic mass is 10.3. The van der Waals surface area contributed by atoms with Crippen molar-refractivity contribution >= 4 is 48.9 Å². The number of benzene rings is 2. The van der Waals surface area contributed by atoms with Gasteiger partial charge in [0.05, 0.1) is 12.8 Å². The number of rotatable bonds is 4. The van der Waals surface area contributed by atoms with E-state index < -0.39 is 10.0 Å². The highest BCUT2D eigenvalue weighted by Gasteiger charge is 2.20. The molecule has 2 rings (SSSR count). The number of sulfonamides is 1. The molecule has 5 nitrogen and oxygen atoms in total. The predicted molar refractivity (Wildman–Crippen MR) is 87.4 cm³/mol. The van der Waals surface area contributed by atoms with Gasteiger partial charge in [-0.15, -0.1) is 0 Å². The van der Waals surface area contributed by atoms with Gasteiger partial charge in [-0.05, 0) is 46.3 Å². The van der Waals surface area contributed by atoms with E-state index in [1.165, 1.54) is 31.4 Å². The average Bonchev–Trinajstić information content (AvgIpc) is 2.42. The van der Waals surface area contributed by atoms with E-state index >= 15 is 0 Å². The summed E-state index contributed by atoms with van der Waals surface area (Å²) in [5.74, 6) is 0.167. The Morgan fingerprint density at radius 1 is 1.24 bits per heavy atom. The minimum Gasteiger partial charge on any atom is -0.495 e. The third-order valence-corrected chi connectivity index (χ3v) is 4.98. The number of hydrogen-bond acceptors (Lipinski definition) is 4. The number of halogens is 2. The van der Waals surface area contributed by atoms with Crippen LogP contribution in [0.15, 0.2) is 45.8 Å². The third-order valence-electron chi connectivity index (χ3n) is 2.65. The summed E-state index contributed by atoms with van der Waals surface area (Å²) in [5, 5.41) is 0.417. The lowest BCUT2D eigenvalue weighted by molar-refractivity contribution is 0.403. The van der Waals surface area contributed by atoms with Crippen LogP contribution < -0.4 is 15.2 Å². The molecular weight excluding hydrogens is 380 g/mol. The van der Waals surface area contributed by atoms with Crippen LogP contribution in [0.1, 0.15) is 0 Å². The molecule has 0 amide bonds. The number of methoxy groups -OCH3 is 1. The highest BCUT2D eigenvalue weighted by atomic mass is 79.9. The Hall–Kier alpha value is -1.44. The Morgan fingerprint density at radius 3 is 2.62 bits per heavy atom.